The number of hydrogen-bond acceptors (Lipinski definition) is 3. The predicted octanol–water partition coefficient (Wildman–Crippen LogP) is 1.94. The molecule has 0 N–H and O–H groups in total. The van der Waals surface area contributed by atoms with E-state index in [1.807, 2.05) is 18.2 Å². The van der Waals surface area contributed by atoms with E-state index >= 15 is 0 Å². The van der Waals surface area contributed by atoms with Gasteiger partial charge in [0.1, 0.15) is 0 Å². The van der Waals surface area contributed by atoms with E-state index in [0.717, 1.165) is 5.69 Å². The summed E-state index contributed by atoms with van der Waals surface area (Å²) in [5.41, 5.74) is 0.893. The van der Waals surface area contributed by atoms with Crippen molar-refractivity contribution in [3.05, 3.63) is 30.1 Å². The molecule has 0 saturated carbocycles. The summed E-state index contributed by atoms with van der Waals surface area (Å²) < 4.78 is -0.0637. The first-order valence-electron chi connectivity index (χ1n) is 2.58. The highest BCUT2D eigenvalue weighted by molar-refractivity contribution is 7.98. The van der Waals surface area contributed by atoms with Crippen LogP contribution in [0.1, 0.15) is 10.3 Å². The van der Waals surface area contributed by atoms with E-state index in [-0.39, 0.29) is 4.58 Å². The van der Waals surface area contributed by atoms with Crippen LogP contribution in [0.5, 0.6) is 0 Å². The summed E-state index contributed by atoms with van der Waals surface area (Å²) in [5, 5.41) is 0. The van der Waals surface area contributed by atoms with E-state index in [2.05, 4.69) is 30.2 Å². The number of hydrogen-bond donors (Lipinski definition) is 2. The minimum absolute atomic E-state index is 0.0637. The maximum Gasteiger partial charge on any atom is 0.0863 e. The van der Waals surface area contributed by atoms with Crippen molar-refractivity contribution >= 4 is 25.3 Å². The van der Waals surface area contributed by atoms with Crippen molar-refractivity contribution in [2.45, 2.75) is 4.58 Å². The molecule has 0 aliphatic heterocycles. The molecule has 1 rings (SSSR count). The molecule has 0 saturated heterocycles. The molecule has 0 aliphatic carbocycles. The summed E-state index contributed by atoms with van der Waals surface area (Å²) in [6.07, 6.45) is 1.73. The zero-order valence-corrected chi connectivity index (χ0v) is 6.52. The second-order valence-corrected chi connectivity index (χ2v) is 3.07. The Bertz CT molecular complexity index is 174. The zero-order chi connectivity index (χ0) is 6.69. The topological polar surface area (TPSA) is 12.9 Å². The Labute approximate surface area is 65.3 Å². The van der Waals surface area contributed by atoms with Crippen molar-refractivity contribution < 1.29 is 0 Å². The summed E-state index contributed by atoms with van der Waals surface area (Å²) in [6, 6.07) is 5.68. The van der Waals surface area contributed by atoms with Gasteiger partial charge < -0.3 is 0 Å². The molecule has 0 aromatic carbocycles. The lowest BCUT2D eigenvalue weighted by Crippen LogP contribution is -1.83. The molecular formula is C6H7NS2. The first-order valence-corrected chi connectivity index (χ1v) is 3.61. The van der Waals surface area contributed by atoms with Crippen molar-refractivity contribution in [3.63, 3.8) is 0 Å². The van der Waals surface area contributed by atoms with E-state index < -0.39 is 0 Å². The van der Waals surface area contributed by atoms with E-state index in [9.17, 15) is 0 Å². The van der Waals surface area contributed by atoms with Crippen molar-refractivity contribution in [1.82, 2.24) is 4.98 Å². The van der Waals surface area contributed by atoms with Crippen molar-refractivity contribution in [3.8, 4) is 0 Å². The van der Waals surface area contributed by atoms with Crippen LogP contribution in [0.4, 0.5) is 0 Å². The number of rotatable bonds is 1. The molecule has 0 spiro atoms. The van der Waals surface area contributed by atoms with Gasteiger partial charge >= 0.3 is 0 Å². The van der Waals surface area contributed by atoms with E-state index in [1.54, 1.807) is 6.20 Å². The third-order valence-corrected chi connectivity index (χ3v) is 1.48. The molecule has 1 aromatic rings. The molecule has 0 fully saturated rings. The molecule has 1 heterocycles. The van der Waals surface area contributed by atoms with Gasteiger partial charge in [-0.15, -0.1) is 0 Å². The second-order valence-electron chi connectivity index (χ2n) is 1.63. The van der Waals surface area contributed by atoms with Gasteiger partial charge in [0, 0.05) is 6.20 Å². The first kappa shape index (κ1) is 6.96. The van der Waals surface area contributed by atoms with Crippen molar-refractivity contribution in [2.75, 3.05) is 0 Å². The molecule has 48 valence electrons. The van der Waals surface area contributed by atoms with Crippen LogP contribution in [0.2, 0.25) is 0 Å². The van der Waals surface area contributed by atoms with Gasteiger partial charge in [-0.1, -0.05) is 6.07 Å². The van der Waals surface area contributed by atoms with Crippen LogP contribution in [-0.2, 0) is 0 Å². The second kappa shape index (κ2) is 3.13. The highest BCUT2D eigenvalue weighted by atomic mass is 32.2. The van der Waals surface area contributed by atoms with Gasteiger partial charge in [0.05, 0.1) is 10.3 Å². The van der Waals surface area contributed by atoms with E-state index in [1.165, 1.54) is 0 Å². The fourth-order valence-corrected chi connectivity index (χ4v) is 0.834. The Morgan fingerprint density at radius 1 is 1.33 bits per heavy atom. The fourth-order valence-electron chi connectivity index (χ4n) is 0.529. The number of aromatic nitrogens is 1. The Hall–Kier alpha value is -0.150. The highest BCUT2D eigenvalue weighted by Crippen LogP contribution is 2.19. The lowest BCUT2D eigenvalue weighted by molar-refractivity contribution is 1.17. The summed E-state index contributed by atoms with van der Waals surface area (Å²) in [5.74, 6) is 0. The molecular weight excluding hydrogens is 150 g/mol. The lowest BCUT2D eigenvalue weighted by Gasteiger charge is -1.98. The van der Waals surface area contributed by atoms with Crippen LogP contribution in [0.3, 0.4) is 0 Å². The standard InChI is InChI=1S/C6H7NS2/c8-6(9)5-3-1-2-4-7-5/h1-4,6,8-9H. The normalized spacial score (nSPS) is 10.1. The maximum atomic E-state index is 4.09. The zero-order valence-electron chi connectivity index (χ0n) is 4.73. The smallest absolute Gasteiger partial charge is 0.0863 e. The first-order chi connectivity index (χ1) is 4.30. The monoisotopic (exact) mass is 157 g/mol. The average Bonchev–Trinajstić information content (AvgIpc) is 1.90. The van der Waals surface area contributed by atoms with E-state index in [0.29, 0.717) is 0 Å². The lowest BCUT2D eigenvalue weighted by atomic mass is 10.4. The number of nitrogens with zero attached hydrogens (tertiary/aromatic N) is 1. The Morgan fingerprint density at radius 2 is 2.11 bits per heavy atom. The van der Waals surface area contributed by atoms with Crippen molar-refractivity contribution in [1.29, 1.82) is 0 Å². The molecule has 9 heavy (non-hydrogen) atoms. The molecule has 0 unspecified atom stereocenters. The summed E-state index contributed by atoms with van der Waals surface area (Å²) in [6.45, 7) is 0. The van der Waals surface area contributed by atoms with Gasteiger partial charge in [0.15, 0.2) is 0 Å². The van der Waals surface area contributed by atoms with Gasteiger partial charge in [0.25, 0.3) is 0 Å². The van der Waals surface area contributed by atoms with Gasteiger partial charge in [-0.25, -0.2) is 0 Å². The predicted molar refractivity (Wildman–Crippen MR) is 45.0 cm³/mol. The summed E-state index contributed by atoms with van der Waals surface area (Å²) in [4.78, 5) is 4.03. The minimum atomic E-state index is -0.0637. The number of thiol groups is 2. The molecule has 1 aromatic heterocycles. The molecule has 0 aliphatic rings. The average molecular weight is 157 g/mol. The van der Waals surface area contributed by atoms with Crippen LogP contribution >= 0.6 is 25.3 Å². The fraction of sp³-hybridized carbons (Fsp3) is 0.167. The van der Waals surface area contributed by atoms with Gasteiger partial charge in [-0.05, 0) is 12.1 Å². The summed E-state index contributed by atoms with van der Waals surface area (Å²) >= 11 is 8.18. The van der Waals surface area contributed by atoms with Crippen LogP contribution in [0, 0.1) is 0 Å². The van der Waals surface area contributed by atoms with Crippen LogP contribution in [0.25, 0.3) is 0 Å². The highest BCUT2D eigenvalue weighted by Gasteiger charge is 1.97. The quantitative estimate of drug-likeness (QED) is 0.469. The Kier molecular flexibility index (Phi) is 2.42. The molecule has 0 amide bonds. The van der Waals surface area contributed by atoms with Crippen LogP contribution in [-0.4, -0.2) is 4.98 Å². The maximum absolute atomic E-state index is 4.09. The van der Waals surface area contributed by atoms with Gasteiger partial charge in [-0.3, -0.25) is 4.98 Å². The number of pyridine rings is 1. The summed E-state index contributed by atoms with van der Waals surface area (Å²) in [7, 11) is 0. The molecule has 3 heteroatoms. The third-order valence-electron chi connectivity index (χ3n) is 0.952. The Balaban J connectivity index is 2.85. The van der Waals surface area contributed by atoms with Crippen LogP contribution < -0.4 is 0 Å². The van der Waals surface area contributed by atoms with Crippen molar-refractivity contribution in [2.24, 2.45) is 0 Å². The van der Waals surface area contributed by atoms with Gasteiger partial charge in [0.2, 0.25) is 0 Å². The minimum Gasteiger partial charge on any atom is -0.259 e. The van der Waals surface area contributed by atoms with Gasteiger partial charge in [-0.2, -0.15) is 25.3 Å². The molecule has 0 atom stereocenters. The van der Waals surface area contributed by atoms with E-state index in [4.69, 9.17) is 0 Å². The Morgan fingerprint density at radius 3 is 2.44 bits per heavy atom. The molecule has 0 radical (unpaired) electrons. The third kappa shape index (κ3) is 1.91. The molecule has 0 bridgehead atoms. The SMILES string of the molecule is SC(S)c1ccccn1. The molecule has 1 nitrogen and oxygen atoms in total. The largest absolute Gasteiger partial charge is 0.259 e. The van der Waals surface area contributed by atoms with Crippen LogP contribution in [0.15, 0.2) is 24.4 Å².